The Labute approximate surface area is 92.3 Å². The van der Waals surface area contributed by atoms with Crippen LogP contribution in [0.1, 0.15) is 24.7 Å². The monoisotopic (exact) mass is 207 g/mol. The molecule has 2 N–H and O–H groups in total. The molecule has 0 saturated heterocycles. The molecule has 0 aliphatic carbocycles. The number of hydrogen-bond acceptors (Lipinski definition) is 3. The highest BCUT2D eigenvalue weighted by Crippen LogP contribution is 2.03. The summed E-state index contributed by atoms with van der Waals surface area (Å²) in [6, 6.07) is 6.17. The van der Waals surface area contributed by atoms with Gasteiger partial charge >= 0.3 is 0 Å². The van der Waals surface area contributed by atoms with Crippen LogP contribution in [0.4, 0.5) is 0 Å². The van der Waals surface area contributed by atoms with Gasteiger partial charge in [-0.3, -0.25) is 9.88 Å². The topological polar surface area (TPSA) is 42.1 Å². The molecule has 0 fully saturated rings. The molecule has 0 aliphatic rings. The van der Waals surface area contributed by atoms with E-state index in [1.54, 1.807) is 0 Å². The van der Waals surface area contributed by atoms with E-state index in [1.807, 2.05) is 13.0 Å². The van der Waals surface area contributed by atoms with Gasteiger partial charge in [-0.2, -0.15) is 0 Å². The molecule has 0 aromatic carbocycles. The standard InChI is InChI=1S/C12H21N3/c1-3-15(9-5-8-13)10-12-7-4-6-11(2)14-12/h4,6-7H,3,5,8-10,13H2,1-2H3. The molecule has 1 aromatic rings. The van der Waals surface area contributed by atoms with Crippen LogP contribution in [0.2, 0.25) is 0 Å². The summed E-state index contributed by atoms with van der Waals surface area (Å²) >= 11 is 0. The molecule has 1 rings (SSSR count). The Hall–Kier alpha value is -0.930. The quantitative estimate of drug-likeness (QED) is 0.769. The summed E-state index contributed by atoms with van der Waals surface area (Å²) in [5.74, 6) is 0. The van der Waals surface area contributed by atoms with E-state index in [1.165, 1.54) is 0 Å². The van der Waals surface area contributed by atoms with Crippen molar-refractivity contribution in [3.05, 3.63) is 29.6 Å². The van der Waals surface area contributed by atoms with Crippen molar-refractivity contribution in [3.63, 3.8) is 0 Å². The molecule has 0 atom stereocenters. The third-order valence-electron chi connectivity index (χ3n) is 2.46. The Morgan fingerprint density at radius 1 is 1.40 bits per heavy atom. The number of nitrogens with two attached hydrogens (primary N) is 1. The fourth-order valence-electron chi connectivity index (χ4n) is 1.58. The fraction of sp³-hybridized carbons (Fsp3) is 0.583. The lowest BCUT2D eigenvalue weighted by Crippen LogP contribution is -2.26. The van der Waals surface area contributed by atoms with E-state index >= 15 is 0 Å². The Morgan fingerprint density at radius 2 is 2.20 bits per heavy atom. The molecule has 3 heteroatoms. The molecule has 1 heterocycles. The average Bonchev–Trinajstić information content (AvgIpc) is 2.24. The van der Waals surface area contributed by atoms with Crippen LogP contribution < -0.4 is 5.73 Å². The van der Waals surface area contributed by atoms with Crippen molar-refractivity contribution in [2.75, 3.05) is 19.6 Å². The minimum absolute atomic E-state index is 0.762. The summed E-state index contributed by atoms with van der Waals surface area (Å²) < 4.78 is 0. The van der Waals surface area contributed by atoms with E-state index in [-0.39, 0.29) is 0 Å². The molecule has 0 aliphatic heterocycles. The fourth-order valence-corrected chi connectivity index (χ4v) is 1.58. The zero-order valence-corrected chi connectivity index (χ0v) is 9.74. The Bertz CT molecular complexity index is 286. The number of aromatic nitrogens is 1. The highest BCUT2D eigenvalue weighted by molar-refractivity contribution is 5.09. The minimum Gasteiger partial charge on any atom is -0.330 e. The molecule has 0 saturated carbocycles. The van der Waals surface area contributed by atoms with Crippen LogP contribution in [0.3, 0.4) is 0 Å². The van der Waals surface area contributed by atoms with Gasteiger partial charge in [0, 0.05) is 12.2 Å². The summed E-state index contributed by atoms with van der Waals surface area (Å²) in [5, 5.41) is 0. The van der Waals surface area contributed by atoms with Crippen LogP contribution in [0.5, 0.6) is 0 Å². The highest BCUT2D eigenvalue weighted by Gasteiger charge is 2.03. The maximum Gasteiger partial charge on any atom is 0.0547 e. The molecule has 1 aromatic heterocycles. The third kappa shape index (κ3) is 4.40. The highest BCUT2D eigenvalue weighted by atomic mass is 15.1. The van der Waals surface area contributed by atoms with E-state index in [4.69, 9.17) is 5.73 Å². The second-order valence-corrected chi connectivity index (χ2v) is 3.78. The molecule has 0 spiro atoms. The van der Waals surface area contributed by atoms with Crippen LogP contribution in [-0.2, 0) is 6.54 Å². The first-order chi connectivity index (χ1) is 7.26. The van der Waals surface area contributed by atoms with Crippen LogP contribution in [0.15, 0.2) is 18.2 Å². The van der Waals surface area contributed by atoms with Gasteiger partial charge in [0.2, 0.25) is 0 Å². The van der Waals surface area contributed by atoms with E-state index in [9.17, 15) is 0 Å². The number of pyridine rings is 1. The summed E-state index contributed by atoms with van der Waals surface area (Å²) in [6.45, 7) is 8.00. The van der Waals surface area contributed by atoms with Gasteiger partial charge in [0.15, 0.2) is 0 Å². The zero-order chi connectivity index (χ0) is 11.1. The molecular formula is C12H21N3. The van der Waals surface area contributed by atoms with Crippen LogP contribution >= 0.6 is 0 Å². The van der Waals surface area contributed by atoms with Crippen molar-refractivity contribution >= 4 is 0 Å². The van der Waals surface area contributed by atoms with Gasteiger partial charge in [0.05, 0.1) is 5.69 Å². The second kappa shape index (κ2) is 6.53. The minimum atomic E-state index is 0.762. The third-order valence-corrected chi connectivity index (χ3v) is 2.46. The summed E-state index contributed by atoms with van der Waals surface area (Å²) in [6.07, 6.45) is 1.06. The van der Waals surface area contributed by atoms with Crippen molar-refractivity contribution in [2.24, 2.45) is 5.73 Å². The number of hydrogen-bond donors (Lipinski definition) is 1. The molecular weight excluding hydrogens is 186 g/mol. The van der Waals surface area contributed by atoms with Gasteiger partial charge in [-0.05, 0) is 45.1 Å². The van der Waals surface area contributed by atoms with Gasteiger partial charge in [0.1, 0.15) is 0 Å². The summed E-state index contributed by atoms with van der Waals surface area (Å²) in [4.78, 5) is 6.87. The lowest BCUT2D eigenvalue weighted by atomic mass is 10.3. The normalized spacial score (nSPS) is 10.9. The molecule has 0 bridgehead atoms. The average molecular weight is 207 g/mol. The molecule has 0 unspecified atom stereocenters. The van der Waals surface area contributed by atoms with Crippen molar-refractivity contribution in [2.45, 2.75) is 26.8 Å². The van der Waals surface area contributed by atoms with E-state index in [2.05, 4.69) is 28.9 Å². The first-order valence-corrected chi connectivity index (χ1v) is 5.61. The smallest absolute Gasteiger partial charge is 0.0547 e. The van der Waals surface area contributed by atoms with Gasteiger partial charge in [-0.15, -0.1) is 0 Å². The predicted octanol–water partition coefficient (Wildman–Crippen LogP) is 1.56. The summed E-state index contributed by atoms with van der Waals surface area (Å²) in [7, 11) is 0. The molecule has 0 amide bonds. The number of aryl methyl sites for hydroxylation is 1. The molecule has 3 nitrogen and oxygen atoms in total. The molecule has 0 radical (unpaired) electrons. The van der Waals surface area contributed by atoms with Crippen LogP contribution in [0, 0.1) is 6.92 Å². The number of rotatable bonds is 6. The van der Waals surface area contributed by atoms with Gasteiger partial charge < -0.3 is 5.73 Å². The lowest BCUT2D eigenvalue weighted by Gasteiger charge is -2.19. The second-order valence-electron chi connectivity index (χ2n) is 3.78. The first-order valence-electron chi connectivity index (χ1n) is 5.61. The van der Waals surface area contributed by atoms with Crippen molar-refractivity contribution < 1.29 is 0 Å². The van der Waals surface area contributed by atoms with Crippen molar-refractivity contribution in [1.82, 2.24) is 9.88 Å². The lowest BCUT2D eigenvalue weighted by molar-refractivity contribution is 0.274. The van der Waals surface area contributed by atoms with Gasteiger partial charge in [0.25, 0.3) is 0 Å². The largest absolute Gasteiger partial charge is 0.330 e. The van der Waals surface area contributed by atoms with Crippen molar-refractivity contribution in [1.29, 1.82) is 0 Å². The molecule has 15 heavy (non-hydrogen) atoms. The van der Waals surface area contributed by atoms with E-state index < -0.39 is 0 Å². The van der Waals surface area contributed by atoms with Crippen LogP contribution in [0.25, 0.3) is 0 Å². The SMILES string of the molecule is CCN(CCCN)Cc1cccc(C)n1. The maximum absolute atomic E-state index is 5.51. The predicted molar refractivity (Wildman–Crippen MR) is 63.6 cm³/mol. The zero-order valence-electron chi connectivity index (χ0n) is 9.74. The maximum atomic E-state index is 5.51. The van der Waals surface area contributed by atoms with E-state index in [0.717, 1.165) is 44.0 Å². The Balaban J connectivity index is 2.50. The van der Waals surface area contributed by atoms with Crippen LogP contribution in [-0.4, -0.2) is 29.5 Å². The van der Waals surface area contributed by atoms with Crippen molar-refractivity contribution in [3.8, 4) is 0 Å². The summed E-state index contributed by atoms with van der Waals surface area (Å²) in [5.41, 5.74) is 7.74. The number of nitrogens with zero attached hydrogens (tertiary/aromatic N) is 2. The van der Waals surface area contributed by atoms with Gasteiger partial charge in [-0.1, -0.05) is 13.0 Å². The Morgan fingerprint density at radius 3 is 2.80 bits per heavy atom. The van der Waals surface area contributed by atoms with Gasteiger partial charge in [-0.25, -0.2) is 0 Å². The Kier molecular flexibility index (Phi) is 5.29. The molecule has 84 valence electrons. The first kappa shape index (κ1) is 12.1. The van der Waals surface area contributed by atoms with E-state index in [0.29, 0.717) is 0 Å².